The van der Waals surface area contributed by atoms with E-state index in [2.05, 4.69) is 58.1 Å². The van der Waals surface area contributed by atoms with Gasteiger partial charge in [0.1, 0.15) is 11.3 Å². The molecule has 21 heavy (non-hydrogen) atoms. The van der Waals surface area contributed by atoms with Crippen LogP contribution in [0.3, 0.4) is 0 Å². The van der Waals surface area contributed by atoms with Crippen LogP contribution >= 0.6 is 0 Å². The highest BCUT2D eigenvalue weighted by Crippen LogP contribution is 2.47. The van der Waals surface area contributed by atoms with Crippen molar-refractivity contribution in [1.29, 1.82) is 0 Å². The van der Waals surface area contributed by atoms with Gasteiger partial charge in [0, 0.05) is 22.6 Å². The third-order valence-electron chi connectivity index (χ3n) is 4.30. The summed E-state index contributed by atoms with van der Waals surface area (Å²) in [5.41, 5.74) is 4.00. The number of rotatable bonds is 4. The van der Waals surface area contributed by atoms with Crippen LogP contribution in [0.4, 0.5) is 0 Å². The average molecular weight is 285 g/mol. The van der Waals surface area contributed by atoms with Crippen LogP contribution in [0.5, 0.6) is 0 Å². The van der Waals surface area contributed by atoms with Crippen molar-refractivity contribution in [2.24, 2.45) is 0 Å². The van der Waals surface area contributed by atoms with Crippen molar-refractivity contribution in [3.63, 3.8) is 0 Å². The first-order chi connectivity index (χ1) is 9.88. The van der Waals surface area contributed by atoms with Crippen LogP contribution < -0.4 is 5.32 Å². The van der Waals surface area contributed by atoms with Crippen LogP contribution in [-0.4, -0.2) is 6.04 Å². The highest BCUT2D eigenvalue weighted by molar-refractivity contribution is 5.86. The van der Waals surface area contributed by atoms with E-state index in [1.54, 1.807) is 0 Å². The number of nitrogens with one attached hydrogen (secondary N) is 1. The zero-order chi connectivity index (χ0) is 15.2. The Morgan fingerprint density at radius 2 is 1.95 bits per heavy atom. The van der Waals surface area contributed by atoms with E-state index < -0.39 is 0 Å². The van der Waals surface area contributed by atoms with Gasteiger partial charge in [-0.25, -0.2) is 0 Å². The lowest BCUT2D eigenvalue weighted by molar-refractivity contribution is 0.476. The van der Waals surface area contributed by atoms with Crippen molar-refractivity contribution in [2.45, 2.75) is 71.4 Å². The first-order valence-corrected chi connectivity index (χ1v) is 8.16. The molecule has 1 N–H and O–H groups in total. The molecule has 2 nitrogen and oxygen atoms in total. The van der Waals surface area contributed by atoms with Gasteiger partial charge in [0.2, 0.25) is 0 Å². The largest absolute Gasteiger partial charge is 0.459 e. The molecule has 1 aliphatic carbocycles. The van der Waals surface area contributed by atoms with Gasteiger partial charge in [0.25, 0.3) is 0 Å². The quantitative estimate of drug-likeness (QED) is 0.845. The molecule has 0 amide bonds. The molecule has 1 saturated carbocycles. The lowest BCUT2D eigenvalue weighted by Crippen LogP contribution is -2.22. The number of hydrogen-bond donors (Lipinski definition) is 1. The number of para-hydroxylation sites is 1. The zero-order valence-electron chi connectivity index (χ0n) is 13.9. The summed E-state index contributed by atoms with van der Waals surface area (Å²) in [5, 5.41) is 4.85. The Kier molecular flexibility index (Phi) is 3.61. The summed E-state index contributed by atoms with van der Waals surface area (Å²) >= 11 is 0. The van der Waals surface area contributed by atoms with E-state index in [1.807, 2.05) is 0 Å². The van der Waals surface area contributed by atoms with Gasteiger partial charge in [-0.15, -0.1) is 0 Å². The molecule has 1 aromatic carbocycles. The SMILES string of the molecule is CC(C)NCc1oc2c(C(C)(C)C)cccc2c1C1CC1. The van der Waals surface area contributed by atoms with Crippen molar-refractivity contribution in [1.82, 2.24) is 5.32 Å². The summed E-state index contributed by atoms with van der Waals surface area (Å²) in [6.07, 6.45) is 2.62. The van der Waals surface area contributed by atoms with Gasteiger partial charge in [-0.3, -0.25) is 0 Å². The molecule has 1 aromatic heterocycles. The van der Waals surface area contributed by atoms with Crippen molar-refractivity contribution in [2.75, 3.05) is 0 Å². The summed E-state index contributed by atoms with van der Waals surface area (Å²) in [6, 6.07) is 7.11. The van der Waals surface area contributed by atoms with Crippen LogP contribution in [0.1, 0.15) is 70.3 Å². The van der Waals surface area contributed by atoms with E-state index in [9.17, 15) is 0 Å². The minimum atomic E-state index is 0.112. The van der Waals surface area contributed by atoms with Crippen LogP contribution in [0.15, 0.2) is 22.6 Å². The minimum Gasteiger partial charge on any atom is -0.459 e. The van der Waals surface area contributed by atoms with Gasteiger partial charge in [-0.05, 0) is 24.2 Å². The van der Waals surface area contributed by atoms with E-state index >= 15 is 0 Å². The van der Waals surface area contributed by atoms with E-state index in [4.69, 9.17) is 4.42 Å². The molecular weight excluding hydrogens is 258 g/mol. The Morgan fingerprint density at radius 1 is 1.24 bits per heavy atom. The smallest absolute Gasteiger partial charge is 0.138 e. The first-order valence-electron chi connectivity index (χ1n) is 8.16. The molecule has 0 saturated heterocycles. The Labute approximate surface area is 127 Å². The zero-order valence-corrected chi connectivity index (χ0v) is 13.9. The number of furan rings is 1. The average Bonchev–Trinajstić information content (AvgIpc) is 3.15. The molecule has 0 unspecified atom stereocenters. The molecular formula is C19H27NO. The molecule has 0 bridgehead atoms. The molecule has 2 heteroatoms. The predicted molar refractivity (Wildman–Crippen MR) is 88.9 cm³/mol. The van der Waals surface area contributed by atoms with Crippen LogP contribution in [0.25, 0.3) is 11.0 Å². The second-order valence-electron chi connectivity index (χ2n) is 7.68. The second-order valence-corrected chi connectivity index (χ2v) is 7.68. The maximum absolute atomic E-state index is 6.35. The third-order valence-corrected chi connectivity index (χ3v) is 4.30. The standard InChI is InChI=1S/C19H27NO/c1-12(2)20-11-16-17(13-9-10-13)14-7-6-8-15(18(14)21-16)19(3,4)5/h6-8,12-13,20H,9-11H2,1-5H3. The maximum Gasteiger partial charge on any atom is 0.138 e. The van der Waals surface area contributed by atoms with Crippen molar-refractivity contribution in [3.05, 3.63) is 35.1 Å². The molecule has 0 radical (unpaired) electrons. The fourth-order valence-electron chi connectivity index (χ4n) is 3.03. The molecule has 1 fully saturated rings. The van der Waals surface area contributed by atoms with Crippen molar-refractivity contribution in [3.8, 4) is 0 Å². The highest BCUT2D eigenvalue weighted by atomic mass is 16.3. The summed E-state index contributed by atoms with van der Waals surface area (Å²) in [7, 11) is 0. The monoisotopic (exact) mass is 285 g/mol. The molecule has 0 spiro atoms. The minimum absolute atomic E-state index is 0.112. The lowest BCUT2D eigenvalue weighted by Gasteiger charge is -2.18. The summed E-state index contributed by atoms with van der Waals surface area (Å²) in [6.45, 7) is 12.0. The maximum atomic E-state index is 6.35. The van der Waals surface area contributed by atoms with Crippen LogP contribution in [-0.2, 0) is 12.0 Å². The number of hydrogen-bond acceptors (Lipinski definition) is 2. The fraction of sp³-hybridized carbons (Fsp3) is 0.579. The molecule has 0 aliphatic heterocycles. The topological polar surface area (TPSA) is 25.2 Å². The van der Waals surface area contributed by atoms with Gasteiger partial charge in [-0.2, -0.15) is 0 Å². The van der Waals surface area contributed by atoms with Crippen molar-refractivity contribution < 1.29 is 4.42 Å². The lowest BCUT2D eigenvalue weighted by atomic mass is 9.85. The molecule has 114 valence electrons. The van der Waals surface area contributed by atoms with Gasteiger partial charge in [0.05, 0.1) is 6.54 Å². The Bertz CT molecular complexity index is 641. The molecule has 0 atom stereocenters. The summed E-state index contributed by atoms with van der Waals surface area (Å²) in [4.78, 5) is 0. The van der Waals surface area contributed by atoms with E-state index in [-0.39, 0.29) is 5.41 Å². The molecule has 3 rings (SSSR count). The second kappa shape index (κ2) is 5.17. The molecule has 2 aromatic rings. The predicted octanol–water partition coefficient (Wildman–Crippen LogP) is 5.11. The third kappa shape index (κ3) is 2.87. The highest BCUT2D eigenvalue weighted by Gasteiger charge is 2.32. The van der Waals surface area contributed by atoms with E-state index in [0.717, 1.165) is 17.9 Å². The summed E-state index contributed by atoms with van der Waals surface area (Å²) < 4.78 is 6.35. The Hall–Kier alpha value is -1.28. The van der Waals surface area contributed by atoms with E-state index in [0.29, 0.717) is 12.0 Å². The summed E-state index contributed by atoms with van der Waals surface area (Å²) in [5.74, 6) is 1.86. The number of fused-ring (bicyclic) bond motifs is 1. The normalized spacial score (nSPS) is 16.1. The van der Waals surface area contributed by atoms with Gasteiger partial charge in [0.15, 0.2) is 0 Å². The molecule has 1 aliphatic rings. The number of benzene rings is 1. The Morgan fingerprint density at radius 3 is 2.52 bits per heavy atom. The van der Waals surface area contributed by atoms with Gasteiger partial charge < -0.3 is 9.73 Å². The Balaban J connectivity index is 2.12. The van der Waals surface area contributed by atoms with Crippen molar-refractivity contribution >= 4 is 11.0 Å². The fourth-order valence-corrected chi connectivity index (χ4v) is 3.03. The van der Waals surface area contributed by atoms with Crippen LogP contribution in [0.2, 0.25) is 0 Å². The first kappa shape index (κ1) is 14.6. The van der Waals surface area contributed by atoms with Gasteiger partial charge >= 0.3 is 0 Å². The van der Waals surface area contributed by atoms with Gasteiger partial charge in [-0.1, -0.05) is 52.8 Å². The van der Waals surface area contributed by atoms with E-state index in [1.165, 1.54) is 29.4 Å². The molecule has 1 heterocycles. The van der Waals surface area contributed by atoms with Crippen LogP contribution in [0, 0.1) is 0 Å².